The van der Waals surface area contributed by atoms with Gasteiger partial charge in [0.25, 0.3) is 0 Å². The molecule has 0 bridgehead atoms. The molecule has 0 aromatic carbocycles. The fourth-order valence-corrected chi connectivity index (χ4v) is 5.43. The van der Waals surface area contributed by atoms with Gasteiger partial charge >= 0.3 is 6.09 Å². The SMILES string of the molecule is CCOc1cc(-c2ccc(N3CCC4(CC3)CN(C(=O)OC(C)C)C4)nc2)c2c3cn[nH]c3nn2c1. The summed E-state index contributed by atoms with van der Waals surface area (Å²) in [4.78, 5) is 21.1. The predicted octanol–water partition coefficient (Wildman–Crippen LogP) is 4.12. The highest BCUT2D eigenvalue weighted by molar-refractivity contribution is 6.00. The average Bonchev–Trinajstić information content (AvgIpc) is 3.43. The molecule has 2 aliphatic rings. The highest BCUT2D eigenvalue weighted by Crippen LogP contribution is 2.41. The number of amides is 1. The summed E-state index contributed by atoms with van der Waals surface area (Å²) in [6.45, 7) is 9.77. The lowest BCUT2D eigenvalue weighted by molar-refractivity contribution is -0.0253. The third kappa shape index (κ3) is 3.90. The Bertz CT molecular complexity index is 1390. The first-order chi connectivity index (χ1) is 17.4. The van der Waals surface area contributed by atoms with Gasteiger partial charge in [-0.05, 0) is 51.8 Å². The number of aromatic amines is 1. The van der Waals surface area contributed by atoms with E-state index < -0.39 is 0 Å². The van der Waals surface area contributed by atoms with Gasteiger partial charge in [0, 0.05) is 48.9 Å². The van der Waals surface area contributed by atoms with Gasteiger partial charge in [-0.2, -0.15) is 5.10 Å². The molecule has 4 aromatic rings. The lowest BCUT2D eigenvalue weighted by Gasteiger charge is -2.53. The summed E-state index contributed by atoms with van der Waals surface area (Å²) in [6.07, 6.45) is 7.45. The summed E-state index contributed by atoms with van der Waals surface area (Å²) >= 11 is 0. The number of carbonyl (C=O) groups excluding carboxylic acids is 1. The van der Waals surface area contributed by atoms with E-state index in [1.165, 1.54) is 0 Å². The number of likely N-dealkylation sites (tertiary alicyclic amines) is 1. The van der Waals surface area contributed by atoms with Crippen molar-refractivity contribution < 1.29 is 14.3 Å². The zero-order valence-corrected chi connectivity index (χ0v) is 20.9. The Balaban J connectivity index is 1.18. The van der Waals surface area contributed by atoms with Crippen molar-refractivity contribution in [3.63, 3.8) is 0 Å². The van der Waals surface area contributed by atoms with Crippen LogP contribution in [-0.4, -0.2) is 74.7 Å². The molecule has 1 spiro atoms. The topological polar surface area (TPSA) is 101 Å². The van der Waals surface area contributed by atoms with Crippen LogP contribution < -0.4 is 9.64 Å². The number of carbonyl (C=O) groups is 1. The second kappa shape index (κ2) is 8.69. The normalized spacial score (nSPS) is 17.2. The van der Waals surface area contributed by atoms with E-state index in [1.807, 2.05) is 48.6 Å². The molecule has 36 heavy (non-hydrogen) atoms. The van der Waals surface area contributed by atoms with E-state index in [2.05, 4.69) is 32.3 Å². The fraction of sp³-hybridized carbons (Fsp3) is 0.462. The number of pyridine rings is 2. The first-order valence-electron chi connectivity index (χ1n) is 12.6. The molecule has 0 aliphatic carbocycles. The molecule has 2 aliphatic heterocycles. The molecule has 0 atom stereocenters. The second-order valence-electron chi connectivity index (χ2n) is 10.1. The zero-order valence-electron chi connectivity index (χ0n) is 20.9. The van der Waals surface area contributed by atoms with E-state index in [0.717, 1.165) is 78.3 Å². The van der Waals surface area contributed by atoms with Crippen molar-refractivity contribution in [3.8, 4) is 16.9 Å². The van der Waals surface area contributed by atoms with Crippen molar-refractivity contribution in [2.45, 2.75) is 39.7 Å². The van der Waals surface area contributed by atoms with Gasteiger partial charge in [0.05, 0.1) is 36.0 Å². The Hall–Kier alpha value is -3.82. The highest BCUT2D eigenvalue weighted by atomic mass is 16.6. The molecule has 6 heterocycles. The Morgan fingerprint density at radius 3 is 2.69 bits per heavy atom. The number of H-pyrrole nitrogens is 1. The molecule has 2 fully saturated rings. The molecule has 4 aromatic heterocycles. The maximum atomic E-state index is 12.1. The van der Waals surface area contributed by atoms with E-state index in [0.29, 0.717) is 6.61 Å². The summed E-state index contributed by atoms with van der Waals surface area (Å²) in [5, 5.41) is 12.7. The molecule has 188 valence electrons. The van der Waals surface area contributed by atoms with Crippen LogP contribution in [0.4, 0.5) is 10.6 Å². The smallest absolute Gasteiger partial charge is 0.410 e. The van der Waals surface area contributed by atoms with Crippen LogP contribution in [0.15, 0.2) is 36.8 Å². The van der Waals surface area contributed by atoms with Crippen molar-refractivity contribution >= 4 is 28.5 Å². The number of piperidine rings is 1. The van der Waals surface area contributed by atoms with Gasteiger partial charge in [-0.25, -0.2) is 14.3 Å². The molecular weight excluding hydrogens is 458 g/mol. The third-order valence-corrected chi connectivity index (χ3v) is 7.27. The Labute approximate surface area is 209 Å². The van der Waals surface area contributed by atoms with Crippen LogP contribution in [-0.2, 0) is 4.74 Å². The van der Waals surface area contributed by atoms with Gasteiger partial charge in [-0.15, -0.1) is 5.10 Å². The summed E-state index contributed by atoms with van der Waals surface area (Å²) in [7, 11) is 0. The third-order valence-electron chi connectivity index (χ3n) is 7.27. The number of rotatable bonds is 5. The minimum Gasteiger partial charge on any atom is -0.492 e. The van der Waals surface area contributed by atoms with Crippen LogP contribution in [0.1, 0.15) is 33.6 Å². The van der Waals surface area contributed by atoms with Crippen LogP contribution in [0.3, 0.4) is 0 Å². The first-order valence-corrected chi connectivity index (χ1v) is 12.6. The van der Waals surface area contributed by atoms with Gasteiger partial charge < -0.3 is 19.3 Å². The van der Waals surface area contributed by atoms with Gasteiger partial charge in [0.1, 0.15) is 11.6 Å². The Morgan fingerprint density at radius 1 is 1.19 bits per heavy atom. The molecule has 6 rings (SSSR count). The standard InChI is InChI=1S/C26H31N7O3/c1-4-35-19-11-20(23-21-13-28-29-24(21)30-33(23)14-19)18-5-6-22(27-12-18)31-9-7-26(8-10-31)15-32(16-26)25(34)36-17(2)3/h5-6,11-14,17H,4,7-10,15-16H2,1-3H3,(H,29,30). The zero-order chi connectivity index (χ0) is 24.9. The average molecular weight is 490 g/mol. The minimum absolute atomic E-state index is 0.0811. The van der Waals surface area contributed by atoms with E-state index in [9.17, 15) is 4.79 Å². The summed E-state index contributed by atoms with van der Waals surface area (Å²) in [5.74, 6) is 1.73. The molecular formula is C26H31N7O3. The summed E-state index contributed by atoms with van der Waals surface area (Å²) in [5.41, 5.74) is 3.94. The van der Waals surface area contributed by atoms with Crippen LogP contribution in [0.25, 0.3) is 27.7 Å². The van der Waals surface area contributed by atoms with Crippen LogP contribution in [0.2, 0.25) is 0 Å². The van der Waals surface area contributed by atoms with Crippen LogP contribution >= 0.6 is 0 Å². The molecule has 2 saturated heterocycles. The van der Waals surface area contributed by atoms with Crippen LogP contribution in [0, 0.1) is 5.41 Å². The Morgan fingerprint density at radius 2 is 2.00 bits per heavy atom. The van der Waals surface area contributed by atoms with E-state index in [4.69, 9.17) is 14.5 Å². The number of anilines is 1. The van der Waals surface area contributed by atoms with Crippen LogP contribution in [0.5, 0.6) is 5.75 Å². The maximum absolute atomic E-state index is 12.1. The largest absolute Gasteiger partial charge is 0.492 e. The minimum atomic E-state index is -0.191. The first kappa shape index (κ1) is 22.6. The predicted molar refractivity (Wildman–Crippen MR) is 136 cm³/mol. The number of fused-ring (bicyclic) bond motifs is 3. The van der Waals surface area contributed by atoms with Crippen molar-refractivity contribution in [1.82, 2.24) is 29.7 Å². The van der Waals surface area contributed by atoms with E-state index in [1.54, 1.807) is 6.20 Å². The molecule has 0 radical (unpaired) electrons. The van der Waals surface area contributed by atoms with Gasteiger partial charge in [0.15, 0.2) is 5.65 Å². The number of hydrogen-bond donors (Lipinski definition) is 1. The molecule has 0 saturated carbocycles. The lowest BCUT2D eigenvalue weighted by atomic mass is 9.72. The number of ether oxygens (including phenoxy) is 2. The summed E-state index contributed by atoms with van der Waals surface area (Å²) in [6, 6.07) is 6.25. The molecule has 10 heteroatoms. The molecule has 1 N–H and O–H groups in total. The van der Waals surface area contributed by atoms with Gasteiger partial charge in [0.2, 0.25) is 0 Å². The quantitative estimate of drug-likeness (QED) is 0.450. The monoisotopic (exact) mass is 489 g/mol. The molecule has 1 amide bonds. The molecule has 10 nitrogen and oxygen atoms in total. The molecule has 0 unspecified atom stereocenters. The number of aromatic nitrogens is 5. The number of hydrogen-bond acceptors (Lipinski definition) is 7. The van der Waals surface area contributed by atoms with Crippen molar-refractivity contribution in [3.05, 3.63) is 36.8 Å². The number of nitrogens with one attached hydrogen (secondary N) is 1. The van der Waals surface area contributed by atoms with Crippen molar-refractivity contribution in [2.24, 2.45) is 5.41 Å². The number of nitrogens with zero attached hydrogens (tertiary/aromatic N) is 6. The maximum Gasteiger partial charge on any atom is 0.410 e. The summed E-state index contributed by atoms with van der Waals surface area (Å²) < 4.78 is 13.0. The van der Waals surface area contributed by atoms with Crippen molar-refractivity contribution in [2.75, 3.05) is 37.7 Å². The van der Waals surface area contributed by atoms with Gasteiger partial charge in [-0.1, -0.05) is 0 Å². The highest BCUT2D eigenvalue weighted by Gasteiger charge is 2.47. The van der Waals surface area contributed by atoms with Crippen molar-refractivity contribution in [1.29, 1.82) is 0 Å². The fourth-order valence-electron chi connectivity index (χ4n) is 5.43. The van der Waals surface area contributed by atoms with E-state index in [-0.39, 0.29) is 17.6 Å². The van der Waals surface area contributed by atoms with Gasteiger partial charge in [-0.3, -0.25) is 5.10 Å². The van der Waals surface area contributed by atoms with E-state index >= 15 is 0 Å². The second-order valence-corrected chi connectivity index (χ2v) is 10.1. The lowest BCUT2D eigenvalue weighted by Crippen LogP contribution is -2.62. The Kier molecular flexibility index (Phi) is 5.46.